The molecule has 0 fully saturated rings. The van der Waals surface area contributed by atoms with Crippen molar-refractivity contribution in [3.63, 3.8) is 0 Å². The highest BCUT2D eigenvalue weighted by Gasteiger charge is 2.33. The maximum absolute atomic E-state index is 5.99. The monoisotopic (exact) mass is 447 g/mol. The van der Waals surface area contributed by atoms with Crippen molar-refractivity contribution in [1.29, 1.82) is 0 Å². The van der Waals surface area contributed by atoms with Gasteiger partial charge in [-0.25, -0.2) is 0 Å². The molecule has 0 amide bonds. The summed E-state index contributed by atoms with van der Waals surface area (Å²) in [7, 11) is 4.13. The topological polar surface area (TPSA) is 30.8 Å². The van der Waals surface area contributed by atoms with Gasteiger partial charge in [-0.05, 0) is 36.7 Å². The van der Waals surface area contributed by atoms with E-state index in [4.69, 9.17) is 14.5 Å². The third kappa shape index (κ3) is 5.11. The molecule has 0 spiro atoms. The molecule has 4 heteroatoms. The Bertz CT molecular complexity index is 1040. The summed E-state index contributed by atoms with van der Waals surface area (Å²) in [6.07, 6.45) is 2.04. The molecular formula is C28H34NO2P. The van der Waals surface area contributed by atoms with Crippen molar-refractivity contribution in [1.82, 2.24) is 0 Å². The van der Waals surface area contributed by atoms with E-state index in [9.17, 15) is 0 Å². The van der Waals surface area contributed by atoms with Crippen LogP contribution >= 0.6 is 8.58 Å². The molecular weight excluding hydrogens is 413 g/mol. The van der Waals surface area contributed by atoms with Crippen LogP contribution in [0.4, 0.5) is 0 Å². The first-order valence-corrected chi connectivity index (χ1v) is 12.2. The molecule has 3 rings (SSSR count). The maximum atomic E-state index is 5.99. The number of hydrogen-bond acceptors (Lipinski definition) is 3. The molecule has 1 atom stereocenters. The number of ether oxygens (including phenoxy) is 2. The first kappa shape index (κ1) is 24.2. The summed E-state index contributed by atoms with van der Waals surface area (Å²) in [5, 5.41) is 1.35. The average Bonchev–Trinajstić information content (AvgIpc) is 2.84. The van der Waals surface area contributed by atoms with E-state index in [-0.39, 0.29) is 11.9 Å². The van der Waals surface area contributed by atoms with Gasteiger partial charge in [0.1, 0.15) is 5.75 Å². The SMILES string of the molecule is CCC(CC)(Pc1c(C)cccc1/C(=N/C)c1ccccc1)c1ccccc1OCOC. The number of para-hydroxylation sites is 1. The fraction of sp³-hybridized carbons (Fsp3) is 0.321. The van der Waals surface area contributed by atoms with Gasteiger partial charge in [-0.3, -0.25) is 4.99 Å². The highest BCUT2D eigenvalue weighted by molar-refractivity contribution is 7.49. The molecule has 3 aromatic rings. The van der Waals surface area contributed by atoms with Gasteiger partial charge in [-0.2, -0.15) is 0 Å². The molecule has 168 valence electrons. The second kappa shape index (κ2) is 11.4. The Balaban J connectivity index is 2.12. The van der Waals surface area contributed by atoms with Crippen LogP contribution in [0.3, 0.4) is 0 Å². The van der Waals surface area contributed by atoms with Crippen molar-refractivity contribution >= 4 is 19.6 Å². The molecule has 0 aliphatic heterocycles. The second-order valence-electron chi connectivity index (χ2n) is 7.90. The van der Waals surface area contributed by atoms with Crippen LogP contribution in [-0.4, -0.2) is 26.7 Å². The Morgan fingerprint density at radius 2 is 1.59 bits per heavy atom. The fourth-order valence-electron chi connectivity index (χ4n) is 4.26. The third-order valence-electron chi connectivity index (χ3n) is 6.11. The first-order valence-electron chi connectivity index (χ1n) is 11.2. The van der Waals surface area contributed by atoms with Crippen LogP contribution in [0.1, 0.15) is 48.9 Å². The van der Waals surface area contributed by atoms with Crippen LogP contribution in [-0.2, 0) is 9.89 Å². The molecule has 3 nitrogen and oxygen atoms in total. The van der Waals surface area contributed by atoms with Gasteiger partial charge in [0.25, 0.3) is 0 Å². The van der Waals surface area contributed by atoms with Crippen molar-refractivity contribution in [3.8, 4) is 5.75 Å². The van der Waals surface area contributed by atoms with Gasteiger partial charge >= 0.3 is 0 Å². The van der Waals surface area contributed by atoms with E-state index in [0.29, 0.717) is 8.58 Å². The van der Waals surface area contributed by atoms with Crippen molar-refractivity contribution in [2.45, 2.75) is 38.8 Å². The van der Waals surface area contributed by atoms with Crippen LogP contribution in [0.25, 0.3) is 0 Å². The smallest absolute Gasteiger partial charge is 0.188 e. The largest absolute Gasteiger partial charge is 0.467 e. The third-order valence-corrected chi connectivity index (χ3v) is 8.47. The van der Waals surface area contributed by atoms with E-state index in [1.54, 1.807) is 7.11 Å². The Morgan fingerprint density at radius 1 is 0.906 bits per heavy atom. The normalized spacial score (nSPS) is 12.5. The van der Waals surface area contributed by atoms with E-state index < -0.39 is 0 Å². The van der Waals surface area contributed by atoms with Gasteiger partial charge < -0.3 is 9.47 Å². The molecule has 0 heterocycles. The predicted molar refractivity (Wildman–Crippen MR) is 138 cm³/mol. The molecule has 0 aliphatic rings. The molecule has 0 aliphatic carbocycles. The van der Waals surface area contributed by atoms with E-state index in [2.05, 4.69) is 81.4 Å². The Kier molecular flexibility index (Phi) is 8.61. The van der Waals surface area contributed by atoms with Crippen LogP contribution < -0.4 is 10.0 Å². The van der Waals surface area contributed by atoms with E-state index >= 15 is 0 Å². The molecule has 0 radical (unpaired) electrons. The van der Waals surface area contributed by atoms with Crippen LogP contribution in [0, 0.1) is 6.92 Å². The lowest BCUT2D eigenvalue weighted by atomic mass is 9.92. The number of nitrogens with zero attached hydrogens (tertiary/aromatic N) is 1. The number of aryl methyl sites for hydroxylation is 1. The van der Waals surface area contributed by atoms with E-state index in [0.717, 1.165) is 29.9 Å². The van der Waals surface area contributed by atoms with Crippen LogP contribution in [0.2, 0.25) is 0 Å². The number of benzene rings is 3. The maximum Gasteiger partial charge on any atom is 0.188 e. The lowest BCUT2D eigenvalue weighted by Crippen LogP contribution is -2.26. The quantitative estimate of drug-likeness (QED) is 0.203. The molecule has 0 aromatic heterocycles. The van der Waals surface area contributed by atoms with Gasteiger partial charge in [0.15, 0.2) is 6.79 Å². The summed E-state index contributed by atoms with van der Waals surface area (Å²) < 4.78 is 11.2. The van der Waals surface area contributed by atoms with Crippen molar-refractivity contribution in [2.75, 3.05) is 21.0 Å². The van der Waals surface area contributed by atoms with E-state index in [1.807, 2.05) is 19.2 Å². The Labute approximate surface area is 194 Å². The van der Waals surface area contributed by atoms with Crippen molar-refractivity contribution in [2.24, 2.45) is 4.99 Å². The molecule has 0 bridgehead atoms. The summed E-state index contributed by atoms with van der Waals surface area (Å²) in [6, 6.07) is 25.5. The predicted octanol–water partition coefficient (Wildman–Crippen LogP) is 6.46. The van der Waals surface area contributed by atoms with Crippen molar-refractivity contribution in [3.05, 3.63) is 95.1 Å². The van der Waals surface area contributed by atoms with E-state index in [1.165, 1.54) is 22.0 Å². The second-order valence-corrected chi connectivity index (χ2v) is 9.60. The minimum absolute atomic E-state index is 0.0270. The fourth-order valence-corrected chi connectivity index (χ4v) is 6.05. The molecule has 0 saturated heterocycles. The lowest BCUT2D eigenvalue weighted by molar-refractivity contribution is 0.0499. The summed E-state index contributed by atoms with van der Waals surface area (Å²) >= 11 is 0. The molecule has 1 unspecified atom stereocenters. The zero-order valence-corrected chi connectivity index (χ0v) is 20.8. The van der Waals surface area contributed by atoms with Gasteiger partial charge in [0, 0.05) is 36.0 Å². The van der Waals surface area contributed by atoms with Gasteiger partial charge in [0.2, 0.25) is 0 Å². The van der Waals surface area contributed by atoms with Gasteiger partial charge in [-0.1, -0.05) is 89.2 Å². The van der Waals surface area contributed by atoms with Gasteiger partial charge in [0.05, 0.1) is 5.71 Å². The average molecular weight is 448 g/mol. The number of aliphatic imine (C=N–C) groups is 1. The zero-order chi connectivity index (χ0) is 23.0. The summed E-state index contributed by atoms with van der Waals surface area (Å²) in [5.74, 6) is 0.910. The zero-order valence-electron chi connectivity index (χ0n) is 19.8. The molecule has 0 N–H and O–H groups in total. The Hall–Kier alpha value is -2.48. The summed E-state index contributed by atoms with van der Waals surface area (Å²) in [5.41, 5.74) is 5.97. The summed E-state index contributed by atoms with van der Waals surface area (Å²) in [6.45, 7) is 7.04. The summed E-state index contributed by atoms with van der Waals surface area (Å²) in [4.78, 5) is 4.72. The van der Waals surface area contributed by atoms with Gasteiger partial charge in [-0.15, -0.1) is 0 Å². The first-order chi connectivity index (χ1) is 15.6. The number of hydrogen-bond donors (Lipinski definition) is 0. The minimum atomic E-state index is -0.0270. The molecule has 0 saturated carbocycles. The number of methoxy groups -OCH3 is 1. The highest BCUT2D eigenvalue weighted by atomic mass is 31.1. The molecule has 3 aromatic carbocycles. The highest BCUT2D eigenvalue weighted by Crippen LogP contribution is 2.50. The minimum Gasteiger partial charge on any atom is -0.467 e. The Morgan fingerprint density at radius 3 is 2.25 bits per heavy atom. The molecule has 32 heavy (non-hydrogen) atoms. The number of rotatable bonds is 10. The van der Waals surface area contributed by atoms with Crippen molar-refractivity contribution < 1.29 is 9.47 Å². The van der Waals surface area contributed by atoms with Crippen LogP contribution in [0.15, 0.2) is 77.8 Å². The standard InChI is InChI=1S/C28H34NO2P/c1-6-28(7-2,24-18-11-12-19-25(24)31-20-30-5)32-27-21(3)14-13-17-23(27)26(29-4)22-15-9-8-10-16-22/h8-19,32H,6-7,20H2,1-5H3/b29-26+. The lowest BCUT2D eigenvalue weighted by Gasteiger charge is -2.35. The van der Waals surface area contributed by atoms with Crippen LogP contribution in [0.5, 0.6) is 5.75 Å².